The van der Waals surface area contributed by atoms with Crippen LogP contribution in [0.2, 0.25) is 0 Å². The predicted molar refractivity (Wildman–Crippen MR) is 85.9 cm³/mol. The van der Waals surface area contributed by atoms with E-state index >= 15 is 0 Å². The van der Waals surface area contributed by atoms with Gasteiger partial charge in [-0.25, -0.2) is 4.79 Å². The Balaban J connectivity index is 1.52. The van der Waals surface area contributed by atoms with Gasteiger partial charge in [0.05, 0.1) is 12.2 Å². The van der Waals surface area contributed by atoms with Gasteiger partial charge in [-0.3, -0.25) is 0 Å². The zero-order chi connectivity index (χ0) is 15.2. The summed E-state index contributed by atoms with van der Waals surface area (Å²) < 4.78 is 7.72. The summed E-state index contributed by atoms with van der Waals surface area (Å²) in [6.07, 6.45) is 5.46. The fraction of sp³-hybridized carbons (Fsp3) is 0.500. The number of para-hydroxylation sites is 1. The lowest BCUT2D eigenvalue weighted by Gasteiger charge is -2.33. The summed E-state index contributed by atoms with van der Waals surface area (Å²) in [5.41, 5.74) is 1.95. The van der Waals surface area contributed by atoms with Crippen LogP contribution in [0, 0.1) is 5.41 Å². The highest BCUT2D eigenvalue weighted by Gasteiger charge is 2.41. The van der Waals surface area contributed by atoms with Crippen molar-refractivity contribution >= 4 is 16.9 Å². The third-order valence-electron chi connectivity index (χ3n) is 5.33. The van der Waals surface area contributed by atoms with E-state index in [0.29, 0.717) is 12.2 Å². The number of piperidine rings is 1. The largest absolute Gasteiger partial charge is 0.461 e. The standard InChI is InChI=1S/C18H22N2O2/c1-19-11-15(14-5-2-3-6-16(14)19)17(21)22-13-18-7-4-9-20(12-18)10-8-18/h2-3,5-6,11H,4,7-10,12-13H2,1H3. The number of esters is 1. The maximum atomic E-state index is 12.5. The van der Waals surface area contributed by atoms with E-state index in [-0.39, 0.29) is 11.4 Å². The second-order valence-corrected chi connectivity index (χ2v) is 6.88. The molecule has 4 nitrogen and oxygen atoms in total. The molecule has 1 aromatic carbocycles. The molecule has 1 aromatic heterocycles. The van der Waals surface area contributed by atoms with Gasteiger partial charge in [0.15, 0.2) is 0 Å². The van der Waals surface area contributed by atoms with Gasteiger partial charge in [0.1, 0.15) is 0 Å². The molecule has 2 fully saturated rings. The van der Waals surface area contributed by atoms with Crippen LogP contribution in [-0.4, -0.2) is 41.7 Å². The first-order valence-corrected chi connectivity index (χ1v) is 8.10. The van der Waals surface area contributed by atoms with E-state index in [4.69, 9.17) is 4.74 Å². The van der Waals surface area contributed by atoms with Gasteiger partial charge in [-0.15, -0.1) is 0 Å². The first-order chi connectivity index (χ1) is 10.7. The van der Waals surface area contributed by atoms with Crippen LogP contribution in [0.25, 0.3) is 10.9 Å². The first kappa shape index (κ1) is 13.8. The van der Waals surface area contributed by atoms with E-state index in [1.54, 1.807) is 0 Å². The zero-order valence-electron chi connectivity index (χ0n) is 13.0. The molecule has 116 valence electrons. The number of ether oxygens (including phenoxy) is 1. The lowest BCUT2D eigenvalue weighted by atomic mass is 9.82. The van der Waals surface area contributed by atoms with E-state index in [0.717, 1.165) is 30.4 Å². The Morgan fingerprint density at radius 2 is 2.14 bits per heavy atom. The van der Waals surface area contributed by atoms with Crippen molar-refractivity contribution in [3.05, 3.63) is 36.0 Å². The van der Waals surface area contributed by atoms with Crippen LogP contribution >= 0.6 is 0 Å². The number of aryl methyl sites for hydroxylation is 1. The fourth-order valence-corrected chi connectivity index (χ4v) is 4.09. The maximum Gasteiger partial charge on any atom is 0.340 e. The molecule has 3 heterocycles. The number of benzene rings is 1. The summed E-state index contributed by atoms with van der Waals surface area (Å²) in [7, 11) is 1.97. The molecule has 4 rings (SSSR count). The van der Waals surface area contributed by atoms with Crippen molar-refractivity contribution in [3.63, 3.8) is 0 Å². The summed E-state index contributed by atoms with van der Waals surface area (Å²) in [4.78, 5) is 15.0. The molecule has 2 atom stereocenters. The van der Waals surface area contributed by atoms with Crippen molar-refractivity contribution in [1.29, 1.82) is 0 Å². The normalized spacial score (nSPS) is 27.2. The minimum atomic E-state index is -0.185. The second kappa shape index (κ2) is 5.13. The van der Waals surface area contributed by atoms with Gasteiger partial charge in [0, 0.05) is 36.1 Å². The molecule has 2 unspecified atom stereocenters. The molecule has 0 aliphatic carbocycles. The Labute approximate surface area is 130 Å². The van der Waals surface area contributed by atoms with Gasteiger partial charge in [-0.05, 0) is 38.4 Å². The van der Waals surface area contributed by atoms with Gasteiger partial charge in [0.2, 0.25) is 0 Å². The van der Waals surface area contributed by atoms with Crippen LogP contribution in [0.1, 0.15) is 29.6 Å². The highest BCUT2D eigenvalue weighted by molar-refractivity contribution is 6.04. The lowest BCUT2D eigenvalue weighted by molar-refractivity contribution is 0.0225. The number of rotatable bonds is 3. The monoisotopic (exact) mass is 298 g/mol. The summed E-state index contributed by atoms with van der Waals surface area (Å²) >= 11 is 0. The zero-order valence-corrected chi connectivity index (χ0v) is 13.0. The number of fused-ring (bicyclic) bond motifs is 3. The van der Waals surface area contributed by atoms with E-state index in [1.165, 1.54) is 19.4 Å². The molecule has 2 aliphatic rings. The fourth-order valence-electron chi connectivity index (χ4n) is 4.09. The molecular formula is C18H22N2O2. The van der Waals surface area contributed by atoms with Crippen molar-refractivity contribution in [1.82, 2.24) is 9.47 Å². The van der Waals surface area contributed by atoms with Crippen molar-refractivity contribution in [2.24, 2.45) is 12.5 Å². The Morgan fingerprint density at radius 3 is 3.05 bits per heavy atom. The number of aromatic nitrogens is 1. The second-order valence-electron chi connectivity index (χ2n) is 6.88. The van der Waals surface area contributed by atoms with Crippen LogP contribution in [0.15, 0.2) is 30.5 Å². The number of nitrogens with zero attached hydrogens (tertiary/aromatic N) is 2. The van der Waals surface area contributed by atoms with Crippen LogP contribution in [-0.2, 0) is 11.8 Å². The molecule has 2 bridgehead atoms. The van der Waals surface area contributed by atoms with Crippen LogP contribution in [0.5, 0.6) is 0 Å². The van der Waals surface area contributed by atoms with Gasteiger partial charge in [-0.1, -0.05) is 18.2 Å². The van der Waals surface area contributed by atoms with Crippen molar-refractivity contribution < 1.29 is 9.53 Å². The molecule has 0 amide bonds. The average Bonchev–Trinajstić information content (AvgIpc) is 3.03. The topological polar surface area (TPSA) is 34.5 Å². The van der Waals surface area contributed by atoms with Crippen molar-refractivity contribution in [2.75, 3.05) is 26.2 Å². The lowest BCUT2D eigenvalue weighted by Crippen LogP contribution is -2.37. The number of carbonyl (C=O) groups excluding carboxylic acids is 1. The first-order valence-electron chi connectivity index (χ1n) is 8.10. The summed E-state index contributed by atoms with van der Waals surface area (Å²) in [5, 5.41) is 0.976. The highest BCUT2D eigenvalue weighted by atomic mass is 16.5. The maximum absolute atomic E-state index is 12.5. The highest BCUT2D eigenvalue weighted by Crippen LogP contribution is 2.39. The molecule has 4 heteroatoms. The van der Waals surface area contributed by atoms with E-state index in [1.807, 2.05) is 42.1 Å². The van der Waals surface area contributed by atoms with Crippen molar-refractivity contribution in [2.45, 2.75) is 19.3 Å². The number of hydrogen-bond acceptors (Lipinski definition) is 3. The molecule has 0 radical (unpaired) electrons. The molecule has 0 spiro atoms. The molecular weight excluding hydrogens is 276 g/mol. The SMILES string of the molecule is Cn1cc(C(=O)OCC23CCCN(CC2)C3)c2ccccc21. The predicted octanol–water partition coefficient (Wildman–Crippen LogP) is 2.82. The number of carbonyl (C=O) groups is 1. The van der Waals surface area contributed by atoms with Gasteiger partial charge < -0.3 is 14.2 Å². The third kappa shape index (κ3) is 2.22. The van der Waals surface area contributed by atoms with Gasteiger partial charge >= 0.3 is 5.97 Å². The van der Waals surface area contributed by atoms with E-state index in [9.17, 15) is 4.79 Å². The third-order valence-corrected chi connectivity index (χ3v) is 5.33. The van der Waals surface area contributed by atoms with E-state index in [2.05, 4.69) is 4.90 Å². The number of hydrogen-bond donors (Lipinski definition) is 0. The molecule has 0 saturated carbocycles. The Kier molecular flexibility index (Phi) is 3.22. The molecule has 2 saturated heterocycles. The summed E-state index contributed by atoms with van der Waals surface area (Å²) in [6.45, 7) is 4.02. The van der Waals surface area contributed by atoms with Gasteiger partial charge in [0.25, 0.3) is 0 Å². The average molecular weight is 298 g/mol. The summed E-state index contributed by atoms with van der Waals surface area (Å²) in [5.74, 6) is -0.185. The van der Waals surface area contributed by atoms with Gasteiger partial charge in [-0.2, -0.15) is 0 Å². The Bertz CT molecular complexity index is 717. The summed E-state index contributed by atoms with van der Waals surface area (Å²) in [6, 6.07) is 7.97. The molecule has 2 aliphatic heterocycles. The minimum Gasteiger partial charge on any atom is -0.461 e. The Hall–Kier alpha value is -1.81. The quantitative estimate of drug-likeness (QED) is 0.817. The smallest absolute Gasteiger partial charge is 0.340 e. The molecule has 22 heavy (non-hydrogen) atoms. The van der Waals surface area contributed by atoms with Crippen molar-refractivity contribution in [3.8, 4) is 0 Å². The van der Waals surface area contributed by atoms with E-state index < -0.39 is 0 Å². The minimum absolute atomic E-state index is 0.185. The Morgan fingerprint density at radius 1 is 1.27 bits per heavy atom. The van der Waals surface area contributed by atoms with Crippen LogP contribution in [0.4, 0.5) is 0 Å². The van der Waals surface area contributed by atoms with Crippen LogP contribution in [0.3, 0.4) is 0 Å². The molecule has 2 aromatic rings. The molecule has 0 N–H and O–H groups in total. The van der Waals surface area contributed by atoms with Crippen LogP contribution < -0.4 is 0 Å².